The number of anilines is 2. The number of carbonyl (C=O) groups excluding carboxylic acids is 2. The van der Waals surface area contributed by atoms with Crippen LogP contribution in [0.4, 0.5) is 21.4 Å². The van der Waals surface area contributed by atoms with Gasteiger partial charge in [0.15, 0.2) is 0 Å². The molecule has 0 aromatic carbocycles. The van der Waals surface area contributed by atoms with E-state index in [1.54, 1.807) is 48.6 Å². The molecular formula is C21H32ClIN4O6. The maximum absolute atomic E-state index is 12.3. The molecule has 2 N–H and O–H groups in total. The number of rotatable bonds is 6. The van der Waals surface area contributed by atoms with Crippen molar-refractivity contribution in [2.24, 2.45) is 5.92 Å². The molecule has 1 aromatic heterocycles. The normalized spacial score (nSPS) is 20.7. The minimum absolute atomic E-state index is 0.0317. The lowest BCUT2D eigenvalue weighted by Crippen LogP contribution is -2.32. The molecule has 0 saturated heterocycles. The van der Waals surface area contributed by atoms with Gasteiger partial charge in [0.1, 0.15) is 34.9 Å². The molecule has 33 heavy (non-hydrogen) atoms. The Kier molecular flexibility index (Phi) is 9.25. The highest BCUT2D eigenvalue weighted by atomic mass is 127. The van der Waals surface area contributed by atoms with Crippen LogP contribution in [0.25, 0.3) is 0 Å². The van der Waals surface area contributed by atoms with E-state index in [2.05, 4.69) is 43.2 Å². The zero-order valence-electron chi connectivity index (χ0n) is 20.0. The van der Waals surface area contributed by atoms with Gasteiger partial charge in [0, 0.05) is 25.4 Å². The molecule has 0 aliphatic heterocycles. The van der Waals surface area contributed by atoms with Crippen LogP contribution >= 0.6 is 34.2 Å². The lowest BCUT2D eigenvalue weighted by molar-refractivity contribution is -0.0474. The maximum Gasteiger partial charge on any atom is 0.509 e. The van der Waals surface area contributed by atoms with E-state index in [0.717, 1.165) is 0 Å². The van der Waals surface area contributed by atoms with E-state index in [0.29, 0.717) is 33.3 Å². The van der Waals surface area contributed by atoms with Crippen molar-refractivity contribution in [2.75, 3.05) is 24.3 Å². The summed E-state index contributed by atoms with van der Waals surface area (Å²) in [4.78, 5) is 32.9. The predicted octanol–water partition coefficient (Wildman–Crippen LogP) is 5.24. The second-order valence-corrected chi connectivity index (χ2v) is 11.2. The number of hydrogen-bond donors (Lipinski definition) is 2. The Hall–Kier alpha value is -1.76. The lowest BCUT2D eigenvalue weighted by atomic mass is 10.1. The van der Waals surface area contributed by atoms with Crippen LogP contribution in [0, 0.1) is 9.49 Å². The molecule has 10 nitrogen and oxygen atoms in total. The zero-order valence-corrected chi connectivity index (χ0v) is 22.9. The summed E-state index contributed by atoms with van der Waals surface area (Å²) in [6.07, 6.45) is -1.05. The molecule has 0 spiro atoms. The summed E-state index contributed by atoms with van der Waals surface area (Å²) in [7, 11) is 1.70. The molecule has 186 valence electrons. The number of aromatic nitrogens is 2. The number of ether oxygens (including phenoxy) is 4. The van der Waals surface area contributed by atoms with E-state index in [1.807, 2.05) is 0 Å². The van der Waals surface area contributed by atoms with Gasteiger partial charge in [-0.2, -0.15) is 9.97 Å². The zero-order chi connectivity index (χ0) is 25.0. The molecule has 0 amide bonds. The van der Waals surface area contributed by atoms with Gasteiger partial charge in [-0.3, -0.25) is 0 Å². The molecule has 0 unspecified atom stereocenters. The third-order valence-electron chi connectivity index (χ3n) is 4.45. The van der Waals surface area contributed by atoms with Gasteiger partial charge in [-0.15, -0.1) is 0 Å². The van der Waals surface area contributed by atoms with Gasteiger partial charge in [0.2, 0.25) is 5.95 Å². The molecule has 0 radical (unpaired) electrons. The number of carbonyl (C=O) groups is 2. The molecule has 0 bridgehead atoms. The van der Waals surface area contributed by atoms with Gasteiger partial charge in [0.25, 0.3) is 0 Å². The minimum Gasteiger partial charge on any atom is -0.434 e. The van der Waals surface area contributed by atoms with Crippen LogP contribution < -0.4 is 10.6 Å². The summed E-state index contributed by atoms with van der Waals surface area (Å²) in [5.74, 6) is 0.684. The Bertz CT molecular complexity index is 858. The van der Waals surface area contributed by atoms with Crippen LogP contribution in [-0.2, 0) is 18.9 Å². The smallest absolute Gasteiger partial charge is 0.434 e. The molecule has 2 rings (SSSR count). The summed E-state index contributed by atoms with van der Waals surface area (Å²) >= 11 is 8.28. The lowest BCUT2D eigenvalue weighted by Gasteiger charge is -2.24. The van der Waals surface area contributed by atoms with Gasteiger partial charge < -0.3 is 29.6 Å². The summed E-state index contributed by atoms with van der Waals surface area (Å²) in [5, 5.41) is 6.54. The Morgan fingerprint density at radius 1 is 1.06 bits per heavy atom. The first kappa shape index (κ1) is 27.5. The van der Waals surface area contributed by atoms with Gasteiger partial charge in [-0.25, -0.2) is 9.59 Å². The molecule has 1 fully saturated rings. The fraction of sp³-hybridized carbons (Fsp3) is 0.714. The highest BCUT2D eigenvalue weighted by molar-refractivity contribution is 14.1. The van der Waals surface area contributed by atoms with Crippen molar-refractivity contribution in [3.05, 3.63) is 8.72 Å². The van der Waals surface area contributed by atoms with E-state index >= 15 is 0 Å². The van der Waals surface area contributed by atoms with Crippen molar-refractivity contribution in [3.63, 3.8) is 0 Å². The molecule has 1 heterocycles. The van der Waals surface area contributed by atoms with E-state index in [9.17, 15) is 9.59 Å². The summed E-state index contributed by atoms with van der Waals surface area (Å²) < 4.78 is 22.1. The van der Waals surface area contributed by atoms with Crippen molar-refractivity contribution in [1.82, 2.24) is 9.97 Å². The average molecular weight is 599 g/mol. The Morgan fingerprint density at radius 2 is 1.67 bits per heavy atom. The third-order valence-corrected chi connectivity index (χ3v) is 6.06. The van der Waals surface area contributed by atoms with Crippen molar-refractivity contribution in [1.29, 1.82) is 0 Å². The number of nitrogens with zero attached hydrogens (tertiary/aromatic N) is 2. The van der Waals surface area contributed by atoms with Gasteiger partial charge >= 0.3 is 12.3 Å². The quantitative estimate of drug-likeness (QED) is 0.255. The second-order valence-electron chi connectivity index (χ2n) is 9.72. The van der Waals surface area contributed by atoms with Gasteiger partial charge in [-0.1, -0.05) is 11.6 Å². The van der Waals surface area contributed by atoms with Crippen molar-refractivity contribution >= 4 is 58.3 Å². The molecular weight excluding hydrogens is 567 g/mol. The largest absolute Gasteiger partial charge is 0.509 e. The molecule has 1 aliphatic rings. The fourth-order valence-corrected chi connectivity index (χ4v) is 3.76. The Labute approximate surface area is 213 Å². The van der Waals surface area contributed by atoms with Gasteiger partial charge in [0.05, 0.1) is 3.57 Å². The van der Waals surface area contributed by atoms with Crippen molar-refractivity contribution in [2.45, 2.75) is 77.7 Å². The molecule has 1 saturated carbocycles. The van der Waals surface area contributed by atoms with Crippen LogP contribution in [0.3, 0.4) is 0 Å². The Morgan fingerprint density at radius 3 is 2.24 bits per heavy atom. The summed E-state index contributed by atoms with van der Waals surface area (Å²) in [5.41, 5.74) is -1.36. The number of halogens is 2. The van der Waals surface area contributed by atoms with Crippen LogP contribution in [0.2, 0.25) is 5.15 Å². The van der Waals surface area contributed by atoms with Crippen molar-refractivity contribution < 1.29 is 28.5 Å². The fourth-order valence-electron chi connectivity index (χ4n) is 3.20. The highest BCUT2D eigenvalue weighted by Gasteiger charge is 2.39. The monoisotopic (exact) mass is 598 g/mol. The maximum atomic E-state index is 12.3. The third kappa shape index (κ3) is 9.19. The molecule has 1 aliphatic carbocycles. The topological polar surface area (TPSA) is 121 Å². The second kappa shape index (κ2) is 11.1. The van der Waals surface area contributed by atoms with Crippen LogP contribution in [-0.4, -0.2) is 59.3 Å². The van der Waals surface area contributed by atoms with Crippen LogP contribution in [0.5, 0.6) is 0 Å². The van der Waals surface area contributed by atoms with E-state index < -0.39 is 29.6 Å². The van der Waals surface area contributed by atoms with Gasteiger partial charge in [-0.05, 0) is 70.6 Å². The van der Waals surface area contributed by atoms with Crippen LogP contribution in [0.1, 0.15) is 54.4 Å². The summed E-state index contributed by atoms with van der Waals surface area (Å²) in [6, 6.07) is -0.117. The van der Waals surface area contributed by atoms with Crippen LogP contribution in [0.15, 0.2) is 0 Å². The predicted molar refractivity (Wildman–Crippen MR) is 133 cm³/mol. The molecule has 1 aromatic rings. The molecule has 3 atom stereocenters. The standard InChI is InChI=1S/C21H32ClIN4O6/c1-20(2,3)32-18(28)30-10-11-8-12(9-13(11)31-19(29)33-21(4,5)6)25-16-14(23)15(22)26-17(24-7)27-16/h11-13H,8-10H2,1-7H3,(H2,24,25,26,27)/t11-,12-,13+/m1/s1. The number of nitrogens with one attached hydrogen (secondary N) is 2. The Balaban J connectivity index is 2.12. The van der Waals surface area contributed by atoms with Crippen molar-refractivity contribution in [3.8, 4) is 0 Å². The van der Waals surface area contributed by atoms with E-state index in [4.69, 9.17) is 30.5 Å². The average Bonchev–Trinajstić information content (AvgIpc) is 3.01. The van der Waals surface area contributed by atoms with E-state index in [-0.39, 0.29) is 18.6 Å². The first-order chi connectivity index (χ1) is 15.2. The minimum atomic E-state index is -0.772. The first-order valence-corrected chi connectivity index (χ1v) is 12.0. The molecule has 12 heteroatoms. The van der Waals surface area contributed by atoms with E-state index in [1.165, 1.54) is 0 Å². The SMILES string of the molecule is CNc1nc(Cl)c(I)c(N[C@@H]2C[C@H](COC(=O)OC(C)(C)C)[C@@H](OC(=O)OC(C)(C)C)C2)n1. The highest BCUT2D eigenvalue weighted by Crippen LogP contribution is 2.34. The first-order valence-electron chi connectivity index (χ1n) is 10.6. The summed E-state index contributed by atoms with van der Waals surface area (Å²) in [6.45, 7) is 10.6. The number of hydrogen-bond acceptors (Lipinski definition) is 10.